The molecule has 0 saturated heterocycles. The van der Waals surface area contributed by atoms with E-state index in [1.54, 1.807) is 37.3 Å². The van der Waals surface area contributed by atoms with E-state index in [-0.39, 0.29) is 11.3 Å². The predicted octanol–water partition coefficient (Wildman–Crippen LogP) is 4.13. The molecule has 0 saturated carbocycles. The number of benzene rings is 2. The summed E-state index contributed by atoms with van der Waals surface area (Å²) in [6, 6.07) is 13.2. The first kappa shape index (κ1) is 21.8. The average Bonchev–Trinajstić information content (AvgIpc) is 3.00. The molecule has 158 valence electrons. The van der Waals surface area contributed by atoms with Crippen LogP contribution in [0.4, 0.5) is 18.9 Å². The van der Waals surface area contributed by atoms with E-state index in [1.807, 2.05) is 0 Å². The number of aromatic amines is 1. The van der Waals surface area contributed by atoms with E-state index in [4.69, 9.17) is 11.6 Å². The molecule has 0 radical (unpaired) electrons. The highest BCUT2D eigenvalue weighted by Crippen LogP contribution is 2.39. The summed E-state index contributed by atoms with van der Waals surface area (Å²) in [4.78, 5) is 15.7. The summed E-state index contributed by atoms with van der Waals surface area (Å²) in [5.41, 5.74) is -3.23. The molecule has 0 fully saturated rings. The van der Waals surface area contributed by atoms with Gasteiger partial charge in [0.15, 0.2) is 0 Å². The van der Waals surface area contributed by atoms with Crippen molar-refractivity contribution in [3.8, 4) is 5.69 Å². The van der Waals surface area contributed by atoms with Crippen molar-refractivity contribution in [3.63, 3.8) is 0 Å². The molecule has 0 spiro atoms. The molecule has 2 aromatic carbocycles. The first-order valence-electron chi connectivity index (χ1n) is 8.48. The van der Waals surface area contributed by atoms with E-state index >= 15 is 0 Å². The Morgan fingerprint density at radius 1 is 1.13 bits per heavy atom. The first-order valence-corrected chi connectivity index (χ1v) is 10.4. The molecule has 11 heteroatoms. The second-order valence-corrected chi connectivity index (χ2v) is 8.59. The molecule has 1 atom stereocenters. The first-order chi connectivity index (χ1) is 14.1. The van der Waals surface area contributed by atoms with Crippen LogP contribution >= 0.6 is 11.6 Å². The number of nitrogens with one attached hydrogen (secondary N) is 1. The average molecular weight is 458 g/mol. The van der Waals surface area contributed by atoms with Gasteiger partial charge in [0.25, 0.3) is 11.2 Å². The molecular weight excluding hydrogens is 443 g/mol. The number of sulfone groups is 1. The van der Waals surface area contributed by atoms with Crippen LogP contribution in [0.5, 0.6) is 0 Å². The number of aromatic nitrogens is 2. The molecular formula is C19H15ClF3N3O3S. The normalized spacial score (nSPS) is 13.6. The van der Waals surface area contributed by atoms with Crippen LogP contribution in [-0.2, 0) is 9.84 Å². The van der Waals surface area contributed by atoms with E-state index in [0.717, 1.165) is 18.3 Å². The number of aliphatic imine (C=N–C) groups is 1. The zero-order valence-corrected chi connectivity index (χ0v) is 17.0. The van der Waals surface area contributed by atoms with Gasteiger partial charge in [-0.25, -0.2) is 17.5 Å². The zero-order chi connectivity index (χ0) is 22.1. The number of halogens is 4. The van der Waals surface area contributed by atoms with Gasteiger partial charge >= 0.3 is 5.25 Å². The molecule has 3 aromatic rings. The molecule has 0 unspecified atom stereocenters. The number of hydrogen-bond acceptors (Lipinski definition) is 4. The van der Waals surface area contributed by atoms with Gasteiger partial charge in [-0.2, -0.15) is 8.78 Å². The van der Waals surface area contributed by atoms with E-state index in [1.165, 1.54) is 16.8 Å². The van der Waals surface area contributed by atoms with Crippen molar-refractivity contribution in [2.75, 3.05) is 0 Å². The number of aryl methyl sites for hydroxylation is 1. The Balaban J connectivity index is 2.06. The zero-order valence-electron chi connectivity index (χ0n) is 15.4. The summed E-state index contributed by atoms with van der Waals surface area (Å²) >= 11 is 4.75. The molecule has 0 bridgehead atoms. The maximum Gasteiger partial charge on any atom is 0.393 e. The van der Waals surface area contributed by atoms with Crippen LogP contribution in [0.15, 0.2) is 69.3 Å². The van der Waals surface area contributed by atoms with E-state index in [0.29, 0.717) is 11.4 Å². The Bertz CT molecular complexity index is 1250. The fourth-order valence-corrected chi connectivity index (χ4v) is 4.19. The molecule has 3 rings (SSSR count). The number of para-hydroxylation sites is 2. The lowest BCUT2D eigenvalue weighted by molar-refractivity contribution is 0.0423. The van der Waals surface area contributed by atoms with Crippen LogP contribution in [0.25, 0.3) is 5.69 Å². The summed E-state index contributed by atoms with van der Waals surface area (Å²) < 4.78 is 66.5. The number of alkyl halides is 4. The minimum atomic E-state index is -5.48. The van der Waals surface area contributed by atoms with Crippen molar-refractivity contribution in [3.05, 3.63) is 76.2 Å². The number of H-pyrrole nitrogens is 1. The molecule has 30 heavy (non-hydrogen) atoms. The second-order valence-electron chi connectivity index (χ2n) is 6.22. The Kier molecular flexibility index (Phi) is 5.91. The van der Waals surface area contributed by atoms with Crippen molar-refractivity contribution in [1.82, 2.24) is 9.78 Å². The lowest BCUT2D eigenvalue weighted by atomic mass is 10.2. The third-order valence-corrected chi connectivity index (χ3v) is 6.48. The smallest absolute Gasteiger partial charge is 0.295 e. The minimum absolute atomic E-state index is 0.0959. The maximum absolute atomic E-state index is 13.9. The highest BCUT2D eigenvalue weighted by Gasteiger charge is 2.54. The fourth-order valence-electron chi connectivity index (χ4n) is 2.66. The van der Waals surface area contributed by atoms with Crippen LogP contribution in [0.2, 0.25) is 0 Å². The second kappa shape index (κ2) is 8.11. The summed E-state index contributed by atoms with van der Waals surface area (Å²) in [6.07, 6.45) is 1.06. The van der Waals surface area contributed by atoms with Crippen LogP contribution in [0, 0.1) is 6.92 Å². The summed E-state index contributed by atoms with van der Waals surface area (Å²) in [6.45, 7) is 1.60. The maximum atomic E-state index is 13.9. The molecule has 1 N–H and O–H groups in total. The van der Waals surface area contributed by atoms with Gasteiger partial charge in [-0.1, -0.05) is 41.9 Å². The van der Waals surface area contributed by atoms with Gasteiger partial charge in [-0.3, -0.25) is 14.9 Å². The van der Waals surface area contributed by atoms with E-state index < -0.39 is 31.2 Å². The van der Waals surface area contributed by atoms with Crippen LogP contribution < -0.4 is 5.56 Å². The topological polar surface area (TPSA) is 84.3 Å². The predicted molar refractivity (Wildman–Crippen MR) is 108 cm³/mol. The molecule has 1 aromatic heterocycles. The molecule has 1 heterocycles. The third kappa shape index (κ3) is 3.80. The monoisotopic (exact) mass is 457 g/mol. The standard InChI is InChI=1S/C19H15ClF3N3O3S/c1-12-14(17(27)26(25-12)13-7-3-2-4-8-13)11-24-15-9-5-6-10-16(15)30(28,29)19(22,23)18(20)21/h2-11,18,25H,1H3/t18-/m1/s1. The Morgan fingerprint density at radius 2 is 1.73 bits per heavy atom. The van der Waals surface area contributed by atoms with Gasteiger partial charge in [0.2, 0.25) is 9.84 Å². The Hall–Kier alpha value is -2.85. The highest BCUT2D eigenvalue weighted by molar-refractivity contribution is 7.92. The van der Waals surface area contributed by atoms with Crippen molar-refractivity contribution >= 4 is 33.3 Å². The van der Waals surface area contributed by atoms with E-state index in [2.05, 4.69) is 10.1 Å². The third-order valence-electron chi connectivity index (χ3n) is 4.23. The van der Waals surface area contributed by atoms with Gasteiger partial charge in [0, 0.05) is 11.9 Å². The van der Waals surface area contributed by atoms with Gasteiger partial charge in [-0.05, 0) is 31.2 Å². The van der Waals surface area contributed by atoms with Crippen molar-refractivity contribution < 1.29 is 21.6 Å². The van der Waals surface area contributed by atoms with Crippen LogP contribution in [0.3, 0.4) is 0 Å². The lowest BCUT2D eigenvalue weighted by Crippen LogP contribution is -2.36. The molecule has 0 aliphatic heterocycles. The van der Waals surface area contributed by atoms with Gasteiger partial charge in [0.05, 0.1) is 21.8 Å². The van der Waals surface area contributed by atoms with Crippen LogP contribution in [0.1, 0.15) is 11.3 Å². The van der Waals surface area contributed by atoms with Crippen molar-refractivity contribution in [2.45, 2.75) is 22.7 Å². The minimum Gasteiger partial charge on any atom is -0.295 e. The fraction of sp³-hybridized carbons (Fsp3) is 0.158. The van der Waals surface area contributed by atoms with Crippen molar-refractivity contribution in [2.24, 2.45) is 4.99 Å². The summed E-state index contributed by atoms with van der Waals surface area (Å²) in [7, 11) is -5.48. The number of hydrogen-bond donors (Lipinski definition) is 1. The number of rotatable bonds is 6. The molecule has 6 nitrogen and oxygen atoms in total. The Morgan fingerprint density at radius 3 is 2.37 bits per heavy atom. The SMILES string of the molecule is Cc1[nH]n(-c2ccccc2)c(=O)c1C=Nc1ccccc1S(=O)(=O)C(F)(F)[C@@H](F)Cl. The lowest BCUT2D eigenvalue weighted by Gasteiger charge is -2.17. The highest BCUT2D eigenvalue weighted by atomic mass is 35.5. The van der Waals surface area contributed by atoms with E-state index in [9.17, 15) is 26.4 Å². The molecule has 0 amide bonds. The largest absolute Gasteiger partial charge is 0.393 e. The van der Waals surface area contributed by atoms with Gasteiger partial charge < -0.3 is 0 Å². The summed E-state index contributed by atoms with van der Waals surface area (Å²) in [5.74, 6) is 0. The molecule has 0 aliphatic carbocycles. The summed E-state index contributed by atoms with van der Waals surface area (Å²) in [5, 5.41) is -2.00. The van der Waals surface area contributed by atoms with Crippen molar-refractivity contribution in [1.29, 1.82) is 0 Å². The van der Waals surface area contributed by atoms with Gasteiger partial charge in [-0.15, -0.1) is 0 Å². The van der Waals surface area contributed by atoms with Crippen LogP contribution in [-0.4, -0.2) is 35.3 Å². The van der Waals surface area contributed by atoms with Gasteiger partial charge in [0.1, 0.15) is 0 Å². The number of nitrogens with zero attached hydrogens (tertiary/aromatic N) is 2. The Labute approximate surface area is 174 Å². The molecule has 0 aliphatic rings. The quantitative estimate of drug-likeness (QED) is 0.446.